The Labute approximate surface area is 125 Å². The molecule has 0 heterocycles. The molecule has 0 saturated carbocycles. The van der Waals surface area contributed by atoms with Crippen molar-refractivity contribution in [1.29, 1.82) is 0 Å². The van der Waals surface area contributed by atoms with E-state index in [9.17, 15) is 8.42 Å². The van der Waals surface area contributed by atoms with Crippen LogP contribution in [0.25, 0.3) is 0 Å². The van der Waals surface area contributed by atoms with Crippen molar-refractivity contribution in [2.75, 3.05) is 7.11 Å². The summed E-state index contributed by atoms with van der Waals surface area (Å²) in [5.74, 6) is 0.153. The smallest absolute Gasteiger partial charge is 0.285 e. The molecule has 0 aromatic heterocycles. The lowest BCUT2D eigenvalue weighted by Crippen LogP contribution is -2.06. The minimum absolute atomic E-state index is 0.0243. The van der Waals surface area contributed by atoms with Crippen LogP contribution in [0, 0.1) is 0 Å². The number of sulfonamides is 1. The number of hydrogen-bond acceptors (Lipinski definition) is 3. The zero-order valence-corrected chi connectivity index (χ0v) is 13.9. The van der Waals surface area contributed by atoms with Crippen molar-refractivity contribution in [3.8, 4) is 0 Å². The van der Waals surface area contributed by atoms with E-state index >= 15 is 0 Å². The summed E-state index contributed by atoms with van der Waals surface area (Å²) in [6.07, 6.45) is 0.920. The normalized spacial score (nSPS) is 12.6. The summed E-state index contributed by atoms with van der Waals surface area (Å²) in [6, 6.07) is 3.33. The lowest BCUT2D eigenvalue weighted by atomic mass is 9.97. The molecule has 0 saturated heterocycles. The molecule has 0 amide bonds. The number of nitrogens with zero attached hydrogens (tertiary/aromatic N) is 1. The summed E-state index contributed by atoms with van der Waals surface area (Å²) in [7, 11) is -2.43. The molecule has 0 bridgehead atoms. The van der Waals surface area contributed by atoms with Crippen LogP contribution in [-0.4, -0.2) is 21.9 Å². The summed E-state index contributed by atoms with van der Waals surface area (Å²) in [4.78, 5) is 0.189. The van der Waals surface area contributed by atoms with E-state index in [1.807, 2.05) is 27.7 Å². The van der Waals surface area contributed by atoms with Crippen LogP contribution in [0.4, 0.5) is 0 Å². The van der Waals surface area contributed by atoms with Crippen molar-refractivity contribution >= 4 is 28.0 Å². The highest BCUT2D eigenvalue weighted by Crippen LogP contribution is 2.34. The monoisotopic (exact) mass is 317 g/mol. The summed E-state index contributed by atoms with van der Waals surface area (Å²) >= 11 is 6.24. The average Bonchev–Trinajstić information content (AvgIpc) is 2.35. The van der Waals surface area contributed by atoms with Gasteiger partial charge in [-0.3, -0.25) is 0 Å². The Morgan fingerprint density at radius 1 is 1.15 bits per heavy atom. The second kappa shape index (κ2) is 6.59. The Bertz CT molecular complexity index is 607. The zero-order chi connectivity index (χ0) is 15.5. The Hall–Kier alpha value is -1.07. The van der Waals surface area contributed by atoms with E-state index in [-0.39, 0.29) is 16.7 Å². The molecule has 0 N–H and O–H groups in total. The minimum atomic E-state index is -3.79. The SMILES string of the molecule is CO/C=N\S(=O)(=O)c1cc(C(C)C)c(Cl)cc1C(C)C. The van der Waals surface area contributed by atoms with Crippen molar-refractivity contribution < 1.29 is 13.2 Å². The second-order valence-electron chi connectivity index (χ2n) is 5.14. The molecular formula is C14H20ClNO3S. The van der Waals surface area contributed by atoms with Gasteiger partial charge in [-0.2, -0.15) is 8.42 Å². The number of ether oxygens (including phenoxy) is 1. The summed E-state index contributed by atoms with van der Waals surface area (Å²) in [5.41, 5.74) is 1.45. The maximum absolute atomic E-state index is 12.3. The van der Waals surface area contributed by atoms with Crippen LogP contribution >= 0.6 is 11.6 Å². The molecule has 4 nitrogen and oxygen atoms in total. The fourth-order valence-electron chi connectivity index (χ4n) is 1.86. The van der Waals surface area contributed by atoms with E-state index in [1.54, 1.807) is 12.1 Å². The molecule has 0 aliphatic carbocycles. The lowest BCUT2D eigenvalue weighted by molar-refractivity contribution is 0.423. The first kappa shape index (κ1) is 17.0. The number of halogens is 1. The molecule has 0 aliphatic rings. The molecule has 1 rings (SSSR count). The maximum atomic E-state index is 12.3. The minimum Gasteiger partial charge on any atom is -0.486 e. The molecule has 1 aromatic rings. The Morgan fingerprint density at radius 3 is 2.15 bits per heavy atom. The Morgan fingerprint density at radius 2 is 1.70 bits per heavy atom. The molecule has 0 unspecified atom stereocenters. The van der Waals surface area contributed by atoms with Gasteiger partial charge in [0, 0.05) is 5.02 Å². The van der Waals surface area contributed by atoms with Gasteiger partial charge in [-0.25, -0.2) is 0 Å². The van der Waals surface area contributed by atoms with Crippen molar-refractivity contribution in [3.05, 3.63) is 28.3 Å². The Balaban J connectivity index is 3.58. The van der Waals surface area contributed by atoms with Crippen LogP contribution in [0.5, 0.6) is 0 Å². The fraction of sp³-hybridized carbons (Fsp3) is 0.500. The van der Waals surface area contributed by atoms with Gasteiger partial charge in [-0.15, -0.1) is 4.40 Å². The molecule has 0 aliphatic heterocycles. The predicted molar refractivity (Wildman–Crippen MR) is 82.3 cm³/mol. The van der Waals surface area contributed by atoms with Crippen molar-refractivity contribution in [1.82, 2.24) is 0 Å². The van der Waals surface area contributed by atoms with E-state index in [1.165, 1.54) is 7.11 Å². The number of methoxy groups -OCH3 is 1. The quantitative estimate of drug-likeness (QED) is 0.610. The second-order valence-corrected chi connectivity index (χ2v) is 7.15. The topological polar surface area (TPSA) is 55.7 Å². The van der Waals surface area contributed by atoms with Gasteiger partial charge in [0.1, 0.15) is 0 Å². The van der Waals surface area contributed by atoms with Gasteiger partial charge in [0.05, 0.1) is 12.0 Å². The summed E-state index contributed by atoms with van der Waals surface area (Å²) in [6.45, 7) is 7.76. The van der Waals surface area contributed by atoms with E-state index in [0.717, 1.165) is 12.0 Å². The van der Waals surface area contributed by atoms with E-state index in [2.05, 4.69) is 9.13 Å². The molecule has 1 aromatic carbocycles. The highest BCUT2D eigenvalue weighted by Gasteiger charge is 2.22. The van der Waals surface area contributed by atoms with E-state index in [4.69, 9.17) is 11.6 Å². The first-order chi connectivity index (χ1) is 9.20. The van der Waals surface area contributed by atoms with Gasteiger partial charge in [-0.05, 0) is 35.1 Å². The molecule has 0 radical (unpaired) electrons. The first-order valence-corrected chi connectivity index (χ1v) is 8.17. The maximum Gasteiger partial charge on any atom is 0.285 e. The van der Waals surface area contributed by atoms with E-state index < -0.39 is 10.0 Å². The molecular weight excluding hydrogens is 298 g/mol. The van der Waals surface area contributed by atoms with Gasteiger partial charge in [0.25, 0.3) is 10.0 Å². The largest absolute Gasteiger partial charge is 0.486 e. The number of rotatable bonds is 5. The van der Waals surface area contributed by atoms with Crippen LogP contribution in [0.3, 0.4) is 0 Å². The number of hydrogen-bond donors (Lipinski definition) is 0. The fourth-order valence-corrected chi connectivity index (χ4v) is 3.43. The van der Waals surface area contributed by atoms with Gasteiger partial charge in [0.15, 0.2) is 6.40 Å². The average molecular weight is 318 g/mol. The first-order valence-electron chi connectivity index (χ1n) is 6.35. The molecule has 20 heavy (non-hydrogen) atoms. The van der Waals surface area contributed by atoms with E-state index in [0.29, 0.717) is 10.6 Å². The lowest BCUT2D eigenvalue weighted by Gasteiger charge is -2.16. The third kappa shape index (κ3) is 3.73. The van der Waals surface area contributed by atoms with Crippen molar-refractivity contribution in [2.45, 2.75) is 44.4 Å². The summed E-state index contributed by atoms with van der Waals surface area (Å²) < 4.78 is 32.7. The summed E-state index contributed by atoms with van der Waals surface area (Å²) in [5, 5.41) is 0.582. The van der Waals surface area contributed by atoms with Gasteiger partial charge in [-0.1, -0.05) is 39.3 Å². The van der Waals surface area contributed by atoms with Gasteiger partial charge < -0.3 is 4.74 Å². The van der Waals surface area contributed by atoms with Crippen LogP contribution in [0.1, 0.15) is 50.7 Å². The molecule has 112 valence electrons. The van der Waals surface area contributed by atoms with Gasteiger partial charge in [0.2, 0.25) is 0 Å². The standard InChI is InChI=1S/C14H20ClNO3S/c1-9(2)11-7-14(20(17,18)16-8-19-5)12(10(3)4)6-13(11)15/h6-10H,1-5H3/b16-8-. The number of benzene rings is 1. The zero-order valence-electron chi connectivity index (χ0n) is 12.3. The van der Waals surface area contributed by atoms with Crippen LogP contribution in [-0.2, 0) is 14.8 Å². The highest BCUT2D eigenvalue weighted by atomic mass is 35.5. The highest BCUT2D eigenvalue weighted by molar-refractivity contribution is 7.90. The molecule has 0 fully saturated rings. The molecule has 6 heteroatoms. The third-order valence-corrected chi connectivity index (χ3v) is 4.54. The Kier molecular flexibility index (Phi) is 5.59. The molecule has 0 spiro atoms. The van der Waals surface area contributed by atoms with Crippen LogP contribution in [0.15, 0.2) is 21.4 Å². The van der Waals surface area contributed by atoms with Crippen LogP contribution in [0.2, 0.25) is 5.02 Å². The predicted octanol–water partition coefficient (Wildman–Crippen LogP) is 3.95. The van der Waals surface area contributed by atoms with Crippen molar-refractivity contribution in [3.63, 3.8) is 0 Å². The van der Waals surface area contributed by atoms with Crippen LogP contribution < -0.4 is 0 Å². The van der Waals surface area contributed by atoms with Crippen molar-refractivity contribution in [2.24, 2.45) is 4.40 Å². The molecule has 0 atom stereocenters. The van der Waals surface area contributed by atoms with Gasteiger partial charge >= 0.3 is 0 Å². The third-order valence-electron chi connectivity index (χ3n) is 2.94.